The van der Waals surface area contributed by atoms with Crippen LogP contribution in [0.5, 0.6) is 0 Å². The normalized spacial score (nSPS) is 11.6. The summed E-state index contributed by atoms with van der Waals surface area (Å²) in [5, 5.41) is 3.42. The number of halogens is 5. The molecule has 4 rings (SSSR count). The van der Waals surface area contributed by atoms with Crippen LogP contribution in [0.4, 0.5) is 33.3 Å². The van der Waals surface area contributed by atoms with Crippen LogP contribution in [0.25, 0.3) is 0 Å². The van der Waals surface area contributed by atoms with Gasteiger partial charge in [0.25, 0.3) is 5.91 Å². The Morgan fingerprint density at radius 3 is 2.00 bits per heavy atom. The zero-order valence-corrected chi connectivity index (χ0v) is 19.6. The molecule has 0 radical (unpaired) electrons. The average Bonchev–Trinajstić information content (AvgIpc) is 2.89. The second-order valence-electron chi connectivity index (χ2n) is 7.70. The monoisotopic (exact) mass is 528 g/mol. The highest BCUT2D eigenvalue weighted by molar-refractivity contribution is 8.00. The molecule has 0 saturated carbocycles. The maximum Gasteiger partial charge on any atom is 0.258 e. The van der Waals surface area contributed by atoms with Gasteiger partial charge in [-0.2, -0.15) is 0 Å². The summed E-state index contributed by atoms with van der Waals surface area (Å²) in [5.41, 5.74) is -0.665. The lowest BCUT2D eigenvalue weighted by molar-refractivity contribution is -0.115. The molecule has 0 aliphatic heterocycles. The summed E-state index contributed by atoms with van der Waals surface area (Å²) in [6.45, 7) is 0. The Labute approximate surface area is 212 Å². The summed E-state index contributed by atoms with van der Waals surface area (Å²) in [6.07, 6.45) is 0. The Morgan fingerprint density at radius 2 is 1.32 bits per heavy atom. The van der Waals surface area contributed by atoms with E-state index in [-0.39, 0.29) is 11.6 Å². The largest absolute Gasteiger partial charge is 0.322 e. The molecule has 0 aliphatic carbocycles. The van der Waals surface area contributed by atoms with Crippen molar-refractivity contribution in [2.45, 2.75) is 10.1 Å². The minimum absolute atomic E-state index is 0.0465. The van der Waals surface area contributed by atoms with Gasteiger partial charge in [0.2, 0.25) is 5.91 Å². The minimum atomic E-state index is -1.73. The molecule has 0 bridgehead atoms. The first kappa shape index (κ1) is 25.9. The third-order valence-corrected chi connectivity index (χ3v) is 6.41. The first-order valence-electron chi connectivity index (χ1n) is 10.8. The highest BCUT2D eigenvalue weighted by atomic mass is 32.2. The molecule has 0 fully saturated rings. The van der Waals surface area contributed by atoms with E-state index in [1.165, 1.54) is 24.3 Å². The number of benzene rings is 4. The summed E-state index contributed by atoms with van der Waals surface area (Å²) in [7, 11) is 0. The van der Waals surface area contributed by atoms with Gasteiger partial charge in [-0.05, 0) is 35.9 Å². The number of anilines is 2. The van der Waals surface area contributed by atoms with Crippen molar-refractivity contribution in [2.24, 2.45) is 0 Å². The van der Waals surface area contributed by atoms with E-state index >= 15 is 0 Å². The van der Waals surface area contributed by atoms with Gasteiger partial charge < -0.3 is 10.6 Å². The quantitative estimate of drug-likeness (QED) is 0.153. The van der Waals surface area contributed by atoms with E-state index in [9.17, 15) is 31.5 Å². The molecule has 4 nitrogen and oxygen atoms in total. The first-order chi connectivity index (χ1) is 17.7. The fraction of sp³-hybridized carbons (Fsp3) is 0.0370. The molecule has 188 valence electrons. The maximum absolute atomic E-state index is 14.2. The van der Waals surface area contributed by atoms with Crippen LogP contribution in [-0.2, 0) is 4.79 Å². The molecule has 0 aliphatic rings. The van der Waals surface area contributed by atoms with E-state index in [2.05, 4.69) is 5.32 Å². The van der Waals surface area contributed by atoms with Crippen molar-refractivity contribution in [3.05, 3.63) is 125 Å². The van der Waals surface area contributed by atoms with Crippen LogP contribution in [0.2, 0.25) is 0 Å². The van der Waals surface area contributed by atoms with Gasteiger partial charge in [-0.1, -0.05) is 48.5 Å². The van der Waals surface area contributed by atoms with Crippen LogP contribution in [0.1, 0.15) is 21.2 Å². The first-order valence-corrected chi connectivity index (χ1v) is 11.6. The second-order valence-corrected chi connectivity index (χ2v) is 8.88. The number of carbonyl (C=O) groups excluding carboxylic acids is 2. The van der Waals surface area contributed by atoms with Crippen molar-refractivity contribution >= 4 is 35.0 Å². The van der Waals surface area contributed by atoms with Crippen LogP contribution in [0, 0.1) is 29.1 Å². The highest BCUT2D eigenvalue weighted by Gasteiger charge is 2.27. The molecule has 37 heavy (non-hydrogen) atoms. The van der Waals surface area contributed by atoms with Gasteiger partial charge in [-0.25, -0.2) is 22.0 Å². The van der Waals surface area contributed by atoms with Gasteiger partial charge in [0.05, 0.1) is 5.56 Å². The van der Waals surface area contributed by atoms with Crippen molar-refractivity contribution in [1.82, 2.24) is 0 Å². The number of amides is 2. The van der Waals surface area contributed by atoms with Gasteiger partial charge in [-0.15, -0.1) is 11.8 Å². The molecule has 10 heteroatoms. The second kappa shape index (κ2) is 11.3. The number of thioether (sulfide) groups is 1. The Balaban J connectivity index is 1.60. The molecule has 0 aromatic heterocycles. The molecule has 1 atom stereocenters. The number of nitrogens with one attached hydrogen (secondary N) is 2. The molecule has 2 amide bonds. The SMILES string of the molecule is O=C(Nc1cccc(SC(C(=O)Nc2c(F)c(F)cc(F)c2F)c2ccccc2)c1)c1ccccc1F. The van der Waals surface area contributed by atoms with E-state index in [0.717, 1.165) is 17.8 Å². The summed E-state index contributed by atoms with van der Waals surface area (Å²) in [5.74, 6) is -9.10. The molecule has 1 unspecified atom stereocenters. The number of carbonyl (C=O) groups is 2. The van der Waals surface area contributed by atoms with Crippen molar-refractivity contribution in [3.8, 4) is 0 Å². The molecule has 4 aromatic rings. The summed E-state index contributed by atoms with van der Waals surface area (Å²) < 4.78 is 69.6. The topological polar surface area (TPSA) is 58.2 Å². The minimum Gasteiger partial charge on any atom is -0.322 e. The van der Waals surface area contributed by atoms with E-state index < -0.39 is 51.8 Å². The fourth-order valence-electron chi connectivity index (χ4n) is 3.40. The van der Waals surface area contributed by atoms with Crippen molar-refractivity contribution in [1.29, 1.82) is 0 Å². The van der Waals surface area contributed by atoms with Crippen molar-refractivity contribution < 1.29 is 31.5 Å². The van der Waals surface area contributed by atoms with Gasteiger partial charge in [-0.3, -0.25) is 9.59 Å². The zero-order valence-electron chi connectivity index (χ0n) is 18.8. The number of hydrogen-bond acceptors (Lipinski definition) is 3. The molecular formula is C27H17F5N2O2S. The fourth-order valence-corrected chi connectivity index (χ4v) is 4.48. The smallest absolute Gasteiger partial charge is 0.258 e. The van der Waals surface area contributed by atoms with Crippen LogP contribution < -0.4 is 10.6 Å². The lowest BCUT2D eigenvalue weighted by Crippen LogP contribution is -2.21. The van der Waals surface area contributed by atoms with Crippen molar-refractivity contribution in [3.63, 3.8) is 0 Å². The summed E-state index contributed by atoms with van der Waals surface area (Å²) in [4.78, 5) is 26.0. The summed E-state index contributed by atoms with van der Waals surface area (Å²) in [6, 6.07) is 20.0. The Hall–Kier alpha value is -4.18. The predicted octanol–water partition coefficient (Wildman–Crippen LogP) is 7.11. The van der Waals surface area contributed by atoms with E-state index in [0.29, 0.717) is 16.1 Å². The Bertz CT molecular complexity index is 1440. The third-order valence-electron chi connectivity index (χ3n) is 5.16. The molecule has 2 N–H and O–H groups in total. The lowest BCUT2D eigenvalue weighted by atomic mass is 10.1. The molecule has 0 saturated heterocycles. The molecule has 0 heterocycles. The predicted molar refractivity (Wildman–Crippen MR) is 131 cm³/mol. The van der Waals surface area contributed by atoms with Crippen LogP contribution in [0.15, 0.2) is 89.8 Å². The highest BCUT2D eigenvalue weighted by Crippen LogP contribution is 2.38. The molecule has 4 aromatic carbocycles. The Kier molecular flexibility index (Phi) is 7.88. The van der Waals surface area contributed by atoms with E-state index in [1.54, 1.807) is 48.5 Å². The number of hydrogen-bond donors (Lipinski definition) is 2. The van der Waals surface area contributed by atoms with Crippen LogP contribution in [0.3, 0.4) is 0 Å². The van der Waals surface area contributed by atoms with Gasteiger partial charge in [0.15, 0.2) is 23.3 Å². The van der Waals surface area contributed by atoms with E-state index in [4.69, 9.17) is 0 Å². The maximum atomic E-state index is 14.2. The standard InChI is InChI=1S/C27H17F5N2O2S/c28-19-12-5-4-11-18(19)26(35)33-16-9-6-10-17(13-16)37-25(15-7-2-1-3-8-15)27(36)34-24-22(31)20(29)14-21(30)23(24)32/h1-14,25H,(H,33,35)(H,34,36). The van der Waals surface area contributed by atoms with E-state index in [1.807, 2.05) is 5.32 Å². The average molecular weight is 529 g/mol. The van der Waals surface area contributed by atoms with Crippen LogP contribution in [-0.4, -0.2) is 11.8 Å². The summed E-state index contributed by atoms with van der Waals surface area (Å²) >= 11 is 0.960. The van der Waals surface area contributed by atoms with Crippen LogP contribution >= 0.6 is 11.8 Å². The molecular weight excluding hydrogens is 511 g/mol. The van der Waals surface area contributed by atoms with Gasteiger partial charge in [0.1, 0.15) is 16.8 Å². The van der Waals surface area contributed by atoms with Gasteiger partial charge in [0, 0.05) is 16.6 Å². The van der Waals surface area contributed by atoms with Gasteiger partial charge >= 0.3 is 0 Å². The van der Waals surface area contributed by atoms with Crippen molar-refractivity contribution in [2.75, 3.05) is 10.6 Å². The number of rotatable bonds is 7. The zero-order chi connectivity index (χ0) is 26.5. The molecule has 0 spiro atoms. The lowest BCUT2D eigenvalue weighted by Gasteiger charge is -2.18. The third kappa shape index (κ3) is 5.97. The Morgan fingerprint density at radius 1 is 0.676 bits per heavy atom.